The molecule has 1 N–H and O–H groups in total. The lowest BCUT2D eigenvalue weighted by Crippen LogP contribution is -2.70. The standard InChI is InChI=1S/C22H27N5O/c1-2-19-23-10-16(11-24-19)21(28)25-20-17-12-26-8-9-27(13-17)15-22(20,14-26)18-6-4-3-5-7-18/h3-7,10-11,17,20H,2,8-9,12-15H2,1H3,(H,25,28). The molecule has 6 heteroatoms. The summed E-state index contributed by atoms with van der Waals surface area (Å²) in [6.07, 6.45) is 4.09. The Labute approximate surface area is 166 Å². The summed E-state index contributed by atoms with van der Waals surface area (Å²) in [5, 5.41) is 3.41. The Morgan fingerprint density at radius 2 is 1.75 bits per heavy atom. The Bertz CT molecular complexity index is 837. The van der Waals surface area contributed by atoms with Gasteiger partial charge in [0, 0.05) is 75.5 Å². The summed E-state index contributed by atoms with van der Waals surface area (Å²) in [6.45, 7) is 8.38. The third kappa shape index (κ3) is 2.91. The monoisotopic (exact) mass is 377 g/mol. The number of rotatable bonds is 4. The predicted molar refractivity (Wildman–Crippen MR) is 107 cm³/mol. The van der Waals surface area contributed by atoms with Gasteiger partial charge in [0.25, 0.3) is 5.91 Å². The maximum atomic E-state index is 13.1. The molecule has 0 aliphatic carbocycles. The fourth-order valence-corrected chi connectivity index (χ4v) is 5.45. The zero-order chi connectivity index (χ0) is 19.1. The van der Waals surface area contributed by atoms with E-state index in [0.29, 0.717) is 11.5 Å². The van der Waals surface area contributed by atoms with Crippen LogP contribution in [0, 0.1) is 5.92 Å². The number of piperidine rings is 2. The molecule has 6 rings (SSSR count). The van der Waals surface area contributed by atoms with Crippen LogP contribution >= 0.6 is 0 Å². The number of aromatic nitrogens is 2. The second-order valence-corrected chi connectivity index (χ2v) is 8.45. The molecule has 4 saturated heterocycles. The normalized spacial score (nSPS) is 33.5. The Hall–Kier alpha value is -2.31. The second kappa shape index (κ2) is 6.94. The van der Waals surface area contributed by atoms with Crippen molar-refractivity contribution in [3.05, 3.63) is 59.7 Å². The SMILES string of the molecule is CCc1ncc(C(=O)NC2C3CN4CCN(C3)CC2(c2ccccc2)C4)cn1. The Morgan fingerprint density at radius 3 is 2.36 bits per heavy atom. The molecule has 3 unspecified atom stereocenters. The molecule has 0 spiro atoms. The molecule has 3 atom stereocenters. The summed E-state index contributed by atoms with van der Waals surface area (Å²) in [6, 6.07) is 10.9. The fraction of sp³-hybridized carbons (Fsp3) is 0.500. The largest absolute Gasteiger partial charge is 0.348 e. The van der Waals surface area contributed by atoms with Crippen LogP contribution in [0.15, 0.2) is 42.7 Å². The molecule has 1 aromatic heterocycles. The Balaban J connectivity index is 1.49. The van der Waals surface area contributed by atoms with E-state index in [9.17, 15) is 4.79 Å². The molecular weight excluding hydrogens is 350 g/mol. The summed E-state index contributed by atoms with van der Waals surface area (Å²) in [5.74, 6) is 1.15. The molecule has 4 aliphatic rings. The minimum atomic E-state index is -0.0706. The van der Waals surface area contributed by atoms with Gasteiger partial charge in [-0.15, -0.1) is 0 Å². The van der Waals surface area contributed by atoms with Crippen molar-refractivity contribution < 1.29 is 4.79 Å². The minimum absolute atomic E-state index is 0.0564. The van der Waals surface area contributed by atoms with Crippen LogP contribution in [0.3, 0.4) is 0 Å². The highest BCUT2D eigenvalue weighted by molar-refractivity contribution is 5.94. The third-order valence-electron chi connectivity index (χ3n) is 6.72. The first-order valence-corrected chi connectivity index (χ1v) is 10.3. The summed E-state index contributed by atoms with van der Waals surface area (Å²) < 4.78 is 0. The molecule has 4 fully saturated rings. The number of benzene rings is 1. The first-order valence-electron chi connectivity index (χ1n) is 10.3. The van der Waals surface area contributed by atoms with Crippen molar-refractivity contribution in [3.63, 3.8) is 0 Å². The second-order valence-electron chi connectivity index (χ2n) is 8.45. The van der Waals surface area contributed by atoms with Crippen molar-refractivity contribution in [1.29, 1.82) is 0 Å². The third-order valence-corrected chi connectivity index (χ3v) is 6.72. The van der Waals surface area contributed by atoms with Crippen LogP contribution in [0.4, 0.5) is 0 Å². The van der Waals surface area contributed by atoms with Gasteiger partial charge in [-0.1, -0.05) is 37.3 Å². The molecule has 0 saturated carbocycles. The molecule has 4 aliphatic heterocycles. The molecule has 6 nitrogen and oxygen atoms in total. The van der Waals surface area contributed by atoms with E-state index >= 15 is 0 Å². The van der Waals surface area contributed by atoms with Crippen LogP contribution in [0.1, 0.15) is 28.7 Å². The van der Waals surface area contributed by atoms with E-state index in [1.54, 1.807) is 12.4 Å². The topological polar surface area (TPSA) is 61.4 Å². The molecule has 0 radical (unpaired) electrons. The Kier molecular flexibility index (Phi) is 4.40. The van der Waals surface area contributed by atoms with Gasteiger partial charge in [0.15, 0.2) is 0 Å². The van der Waals surface area contributed by atoms with Crippen molar-refractivity contribution in [2.75, 3.05) is 39.3 Å². The highest BCUT2D eigenvalue weighted by Crippen LogP contribution is 2.43. The summed E-state index contributed by atoms with van der Waals surface area (Å²) in [4.78, 5) is 26.9. The van der Waals surface area contributed by atoms with Crippen LogP contribution in [0.25, 0.3) is 0 Å². The van der Waals surface area contributed by atoms with Crippen LogP contribution in [-0.2, 0) is 11.8 Å². The van der Waals surface area contributed by atoms with Crippen LogP contribution < -0.4 is 5.32 Å². The minimum Gasteiger partial charge on any atom is -0.348 e. The van der Waals surface area contributed by atoms with Crippen LogP contribution in [0.2, 0.25) is 0 Å². The number of nitrogens with zero attached hydrogens (tertiary/aromatic N) is 4. The first kappa shape index (κ1) is 17.8. The van der Waals surface area contributed by atoms with E-state index in [1.807, 2.05) is 6.92 Å². The predicted octanol–water partition coefficient (Wildman–Crippen LogP) is 1.34. The number of nitrogens with one attached hydrogen (secondary N) is 1. The number of aryl methyl sites for hydroxylation is 1. The lowest BCUT2D eigenvalue weighted by atomic mass is 9.64. The van der Waals surface area contributed by atoms with Gasteiger partial charge in [0.05, 0.1) is 5.56 Å². The van der Waals surface area contributed by atoms with Crippen molar-refractivity contribution in [2.45, 2.75) is 24.8 Å². The van der Waals surface area contributed by atoms with E-state index in [2.05, 4.69) is 55.4 Å². The van der Waals surface area contributed by atoms with Crippen molar-refractivity contribution in [1.82, 2.24) is 25.1 Å². The summed E-state index contributed by atoms with van der Waals surface area (Å²) in [7, 11) is 0. The zero-order valence-corrected chi connectivity index (χ0v) is 16.3. The van der Waals surface area contributed by atoms with E-state index in [0.717, 1.165) is 51.5 Å². The number of fused-ring (bicyclic) bond motifs is 1. The van der Waals surface area contributed by atoms with E-state index in [-0.39, 0.29) is 17.4 Å². The van der Waals surface area contributed by atoms with Gasteiger partial charge in [0.2, 0.25) is 0 Å². The average molecular weight is 377 g/mol. The molecule has 2 aromatic rings. The lowest BCUT2D eigenvalue weighted by Gasteiger charge is -2.55. The van der Waals surface area contributed by atoms with E-state index in [4.69, 9.17) is 0 Å². The number of hydrogen-bond donors (Lipinski definition) is 1. The van der Waals surface area contributed by atoms with E-state index < -0.39 is 0 Å². The van der Waals surface area contributed by atoms with Gasteiger partial charge < -0.3 is 15.1 Å². The molecule has 5 heterocycles. The van der Waals surface area contributed by atoms with Gasteiger partial charge in [-0.3, -0.25) is 4.79 Å². The maximum Gasteiger partial charge on any atom is 0.254 e. The molecule has 146 valence electrons. The fourth-order valence-electron chi connectivity index (χ4n) is 5.45. The molecule has 28 heavy (non-hydrogen) atoms. The summed E-state index contributed by atoms with van der Waals surface area (Å²) >= 11 is 0. The smallest absolute Gasteiger partial charge is 0.254 e. The highest BCUT2D eigenvalue weighted by atomic mass is 16.1. The number of carbonyl (C=O) groups is 1. The number of hydrogen-bond acceptors (Lipinski definition) is 5. The lowest BCUT2D eigenvalue weighted by molar-refractivity contribution is 0.0180. The van der Waals surface area contributed by atoms with Gasteiger partial charge in [-0.25, -0.2) is 9.97 Å². The molecule has 4 bridgehead atoms. The van der Waals surface area contributed by atoms with E-state index in [1.165, 1.54) is 5.56 Å². The van der Waals surface area contributed by atoms with Crippen LogP contribution in [-0.4, -0.2) is 71.0 Å². The maximum absolute atomic E-state index is 13.1. The molecular formula is C22H27N5O. The van der Waals surface area contributed by atoms with Crippen molar-refractivity contribution >= 4 is 5.91 Å². The quantitative estimate of drug-likeness (QED) is 0.871. The van der Waals surface area contributed by atoms with Gasteiger partial charge in [-0.2, -0.15) is 0 Å². The van der Waals surface area contributed by atoms with Crippen molar-refractivity contribution in [3.8, 4) is 0 Å². The van der Waals surface area contributed by atoms with Gasteiger partial charge in [0.1, 0.15) is 5.82 Å². The highest BCUT2D eigenvalue weighted by Gasteiger charge is 2.55. The number of carbonyl (C=O) groups excluding carboxylic acids is 1. The molecule has 1 aromatic carbocycles. The Morgan fingerprint density at radius 1 is 1.11 bits per heavy atom. The van der Waals surface area contributed by atoms with Gasteiger partial charge in [-0.05, 0) is 5.56 Å². The zero-order valence-electron chi connectivity index (χ0n) is 16.3. The summed E-state index contributed by atoms with van der Waals surface area (Å²) in [5.41, 5.74) is 1.81. The van der Waals surface area contributed by atoms with Gasteiger partial charge >= 0.3 is 0 Å². The van der Waals surface area contributed by atoms with Crippen molar-refractivity contribution in [2.24, 2.45) is 5.92 Å². The molecule has 1 amide bonds. The number of amides is 1. The average Bonchev–Trinajstić information content (AvgIpc) is 2.99. The van der Waals surface area contributed by atoms with Crippen LogP contribution in [0.5, 0.6) is 0 Å². The first-order chi connectivity index (χ1) is 13.7.